The van der Waals surface area contributed by atoms with Gasteiger partial charge in [0.25, 0.3) is 0 Å². The highest BCUT2D eigenvalue weighted by Gasteiger charge is 2.51. The summed E-state index contributed by atoms with van der Waals surface area (Å²) in [4.78, 5) is 0. The molecule has 3 atom stereocenters. The van der Waals surface area contributed by atoms with Gasteiger partial charge in [-0.05, 0) is 31.0 Å². The molecule has 0 saturated carbocycles. The number of rotatable bonds is 3. The molecule has 1 saturated heterocycles. The largest absolute Gasteiger partial charge is 0.487 e. The predicted octanol–water partition coefficient (Wildman–Crippen LogP) is 2.95. The van der Waals surface area contributed by atoms with Gasteiger partial charge in [0.2, 0.25) is 0 Å². The van der Waals surface area contributed by atoms with Crippen LogP contribution in [0.1, 0.15) is 43.4 Å². The Morgan fingerprint density at radius 2 is 2.29 bits per heavy atom. The number of epoxide rings is 1. The minimum atomic E-state index is 0.161. The zero-order chi connectivity index (χ0) is 11.8. The van der Waals surface area contributed by atoms with E-state index in [1.807, 2.05) is 12.1 Å². The quantitative estimate of drug-likeness (QED) is 0.748. The van der Waals surface area contributed by atoms with E-state index in [4.69, 9.17) is 14.7 Å². The maximum atomic E-state index is 8.88. The van der Waals surface area contributed by atoms with Crippen molar-refractivity contribution >= 4 is 0 Å². The van der Waals surface area contributed by atoms with Gasteiger partial charge in [-0.15, -0.1) is 0 Å². The minimum Gasteiger partial charge on any atom is -0.487 e. The molecule has 2 aliphatic heterocycles. The summed E-state index contributed by atoms with van der Waals surface area (Å²) >= 11 is 0. The van der Waals surface area contributed by atoms with Crippen LogP contribution < -0.4 is 4.74 Å². The number of unbranched alkanes of at least 4 members (excludes halogenated alkanes) is 1. The Morgan fingerprint density at radius 1 is 1.41 bits per heavy atom. The zero-order valence-corrected chi connectivity index (χ0v) is 9.85. The SMILES string of the molecule is CCCCC1Oc2ccc(C#N)cc2C2OC12. The zero-order valence-electron chi connectivity index (χ0n) is 9.85. The van der Waals surface area contributed by atoms with Crippen molar-refractivity contribution in [1.29, 1.82) is 5.26 Å². The van der Waals surface area contributed by atoms with E-state index in [0.29, 0.717) is 5.56 Å². The molecule has 0 aromatic heterocycles. The van der Waals surface area contributed by atoms with Gasteiger partial charge in [-0.3, -0.25) is 0 Å². The predicted molar refractivity (Wildman–Crippen MR) is 62.7 cm³/mol. The molecule has 1 fully saturated rings. The molecule has 17 heavy (non-hydrogen) atoms. The fourth-order valence-corrected chi connectivity index (χ4v) is 2.46. The number of nitrogens with zero attached hydrogens (tertiary/aromatic N) is 1. The highest BCUT2D eigenvalue weighted by atomic mass is 16.6. The first kappa shape index (κ1) is 10.6. The van der Waals surface area contributed by atoms with Crippen LogP contribution in [-0.4, -0.2) is 12.2 Å². The first-order chi connectivity index (χ1) is 8.33. The van der Waals surface area contributed by atoms with Crippen molar-refractivity contribution < 1.29 is 9.47 Å². The summed E-state index contributed by atoms with van der Waals surface area (Å²) in [5, 5.41) is 8.88. The van der Waals surface area contributed by atoms with Gasteiger partial charge in [0.15, 0.2) is 0 Å². The third kappa shape index (κ3) is 1.79. The average Bonchev–Trinajstić information content (AvgIpc) is 3.16. The molecule has 3 rings (SSSR count). The second-order valence-corrected chi connectivity index (χ2v) is 4.68. The lowest BCUT2D eigenvalue weighted by atomic mass is 9.98. The smallest absolute Gasteiger partial charge is 0.128 e. The molecule has 3 heteroatoms. The van der Waals surface area contributed by atoms with Gasteiger partial charge < -0.3 is 9.47 Å². The highest BCUT2D eigenvalue weighted by molar-refractivity contribution is 5.46. The molecule has 0 N–H and O–H groups in total. The van der Waals surface area contributed by atoms with Gasteiger partial charge in [-0.2, -0.15) is 5.26 Å². The highest BCUT2D eigenvalue weighted by Crippen LogP contribution is 2.50. The molecule has 0 spiro atoms. The van der Waals surface area contributed by atoms with Gasteiger partial charge in [-0.1, -0.05) is 13.3 Å². The lowest BCUT2D eigenvalue weighted by Gasteiger charge is -2.23. The lowest BCUT2D eigenvalue weighted by Crippen LogP contribution is -2.27. The van der Waals surface area contributed by atoms with E-state index >= 15 is 0 Å². The molecule has 0 radical (unpaired) electrons. The monoisotopic (exact) mass is 229 g/mol. The van der Waals surface area contributed by atoms with Crippen LogP contribution in [0, 0.1) is 11.3 Å². The molecular weight excluding hydrogens is 214 g/mol. The van der Waals surface area contributed by atoms with E-state index in [1.54, 1.807) is 6.07 Å². The van der Waals surface area contributed by atoms with Gasteiger partial charge in [0.1, 0.15) is 24.1 Å². The van der Waals surface area contributed by atoms with Crippen LogP contribution in [0.4, 0.5) is 0 Å². The van der Waals surface area contributed by atoms with E-state index in [2.05, 4.69) is 13.0 Å². The van der Waals surface area contributed by atoms with Crippen LogP contribution in [0.2, 0.25) is 0 Å². The topological polar surface area (TPSA) is 45.5 Å². The van der Waals surface area contributed by atoms with Crippen LogP contribution in [-0.2, 0) is 4.74 Å². The number of ether oxygens (including phenoxy) is 2. The van der Waals surface area contributed by atoms with E-state index in [9.17, 15) is 0 Å². The van der Waals surface area contributed by atoms with Crippen molar-refractivity contribution in [3.8, 4) is 11.8 Å². The van der Waals surface area contributed by atoms with Crippen molar-refractivity contribution in [1.82, 2.24) is 0 Å². The van der Waals surface area contributed by atoms with Gasteiger partial charge in [0.05, 0.1) is 11.6 Å². The van der Waals surface area contributed by atoms with Crippen molar-refractivity contribution in [3.05, 3.63) is 29.3 Å². The Kier molecular flexibility index (Phi) is 2.53. The molecule has 2 aliphatic rings. The Balaban J connectivity index is 1.83. The normalized spacial score (nSPS) is 28.6. The molecule has 1 aromatic rings. The Labute approximate surface area is 101 Å². The Hall–Kier alpha value is -1.53. The van der Waals surface area contributed by atoms with Crippen molar-refractivity contribution in [2.24, 2.45) is 0 Å². The average molecular weight is 229 g/mol. The van der Waals surface area contributed by atoms with Gasteiger partial charge >= 0.3 is 0 Å². The summed E-state index contributed by atoms with van der Waals surface area (Å²) in [6.45, 7) is 2.18. The van der Waals surface area contributed by atoms with E-state index < -0.39 is 0 Å². The number of benzene rings is 1. The van der Waals surface area contributed by atoms with Crippen molar-refractivity contribution in [2.75, 3.05) is 0 Å². The molecule has 3 unspecified atom stereocenters. The standard InChI is InChI=1S/C14H15NO2/c1-2-3-4-12-14-13(17-14)10-7-9(8-15)5-6-11(10)16-12/h5-7,12-14H,2-4H2,1H3. The van der Waals surface area contributed by atoms with Crippen molar-refractivity contribution in [2.45, 2.75) is 44.5 Å². The third-order valence-corrected chi connectivity index (χ3v) is 3.46. The summed E-state index contributed by atoms with van der Waals surface area (Å²) in [7, 11) is 0. The summed E-state index contributed by atoms with van der Waals surface area (Å²) in [5.41, 5.74) is 1.72. The summed E-state index contributed by atoms with van der Waals surface area (Å²) in [6, 6.07) is 7.73. The molecule has 3 nitrogen and oxygen atoms in total. The minimum absolute atomic E-state index is 0.161. The molecule has 0 aliphatic carbocycles. The van der Waals surface area contributed by atoms with E-state index in [-0.39, 0.29) is 18.3 Å². The van der Waals surface area contributed by atoms with E-state index in [0.717, 1.165) is 17.7 Å². The van der Waals surface area contributed by atoms with Crippen LogP contribution in [0.3, 0.4) is 0 Å². The first-order valence-corrected chi connectivity index (χ1v) is 6.19. The molecule has 0 amide bonds. The number of nitriles is 1. The maximum absolute atomic E-state index is 8.88. The molecule has 0 bridgehead atoms. The third-order valence-electron chi connectivity index (χ3n) is 3.46. The van der Waals surface area contributed by atoms with Crippen LogP contribution in [0.25, 0.3) is 0 Å². The van der Waals surface area contributed by atoms with Crippen LogP contribution in [0.5, 0.6) is 5.75 Å². The lowest BCUT2D eigenvalue weighted by molar-refractivity contribution is 0.147. The Bertz CT molecular complexity index is 478. The first-order valence-electron chi connectivity index (χ1n) is 6.19. The van der Waals surface area contributed by atoms with Crippen molar-refractivity contribution in [3.63, 3.8) is 0 Å². The number of fused-ring (bicyclic) bond motifs is 3. The molecule has 2 heterocycles. The van der Waals surface area contributed by atoms with E-state index in [1.165, 1.54) is 12.8 Å². The maximum Gasteiger partial charge on any atom is 0.128 e. The number of hydrogen-bond donors (Lipinski definition) is 0. The second kappa shape index (κ2) is 4.05. The molecular formula is C14H15NO2. The molecule has 1 aromatic carbocycles. The second-order valence-electron chi connectivity index (χ2n) is 4.68. The van der Waals surface area contributed by atoms with Crippen LogP contribution in [0.15, 0.2) is 18.2 Å². The van der Waals surface area contributed by atoms with Gasteiger partial charge in [-0.25, -0.2) is 0 Å². The summed E-state index contributed by atoms with van der Waals surface area (Å²) in [6.07, 6.45) is 3.97. The van der Waals surface area contributed by atoms with Gasteiger partial charge in [0, 0.05) is 5.56 Å². The number of hydrogen-bond acceptors (Lipinski definition) is 3. The molecule has 88 valence electrons. The van der Waals surface area contributed by atoms with Crippen LogP contribution >= 0.6 is 0 Å². The summed E-state index contributed by atoms with van der Waals surface area (Å²) in [5.74, 6) is 0.892. The Morgan fingerprint density at radius 3 is 3.06 bits per heavy atom. The summed E-state index contributed by atoms with van der Waals surface area (Å²) < 4.78 is 11.6. The fraction of sp³-hybridized carbons (Fsp3) is 0.500. The fourth-order valence-electron chi connectivity index (χ4n) is 2.46.